The van der Waals surface area contributed by atoms with Gasteiger partial charge in [0.25, 0.3) is 0 Å². The third-order valence-corrected chi connectivity index (χ3v) is 3.43. The Morgan fingerprint density at radius 2 is 2.00 bits per heavy atom. The summed E-state index contributed by atoms with van der Waals surface area (Å²) >= 11 is 0. The van der Waals surface area contributed by atoms with Crippen LogP contribution in [0.15, 0.2) is 43.0 Å². The fourth-order valence-corrected chi connectivity index (χ4v) is 2.31. The van der Waals surface area contributed by atoms with Crippen molar-refractivity contribution in [1.29, 1.82) is 0 Å². The summed E-state index contributed by atoms with van der Waals surface area (Å²) in [6, 6.07) is 9.77. The molecule has 1 aromatic rings. The van der Waals surface area contributed by atoms with Crippen LogP contribution in [0.25, 0.3) is 0 Å². The predicted molar refractivity (Wildman–Crippen MR) is 77.5 cm³/mol. The molecule has 0 spiro atoms. The molecule has 1 saturated heterocycles. The third-order valence-electron chi connectivity index (χ3n) is 3.43. The van der Waals surface area contributed by atoms with E-state index < -0.39 is 18.5 Å². The van der Waals surface area contributed by atoms with Crippen LogP contribution in [0.5, 0.6) is 0 Å². The van der Waals surface area contributed by atoms with Gasteiger partial charge in [-0.05, 0) is 5.56 Å². The van der Waals surface area contributed by atoms with Crippen LogP contribution in [0.2, 0.25) is 0 Å². The molecule has 5 nitrogen and oxygen atoms in total. The van der Waals surface area contributed by atoms with E-state index in [4.69, 9.17) is 14.2 Å². The Kier molecular flexibility index (Phi) is 6.35. The van der Waals surface area contributed by atoms with Crippen LogP contribution in [0.4, 0.5) is 0 Å². The Labute approximate surface area is 124 Å². The van der Waals surface area contributed by atoms with E-state index in [1.807, 2.05) is 30.3 Å². The largest absolute Gasteiger partial charge is 0.394 e. The molecule has 0 saturated carbocycles. The molecule has 1 aromatic carbocycles. The summed E-state index contributed by atoms with van der Waals surface area (Å²) in [6.45, 7) is 4.13. The van der Waals surface area contributed by atoms with Crippen LogP contribution >= 0.6 is 0 Å². The number of aliphatic hydroxyl groups excluding tert-OH is 2. The number of rotatable bonds is 7. The zero-order chi connectivity index (χ0) is 15.1. The average Bonchev–Trinajstić information content (AvgIpc) is 2.53. The first-order valence-corrected chi connectivity index (χ1v) is 7.07. The summed E-state index contributed by atoms with van der Waals surface area (Å²) in [5.41, 5.74) is 1.05. The van der Waals surface area contributed by atoms with Crippen molar-refractivity contribution >= 4 is 0 Å². The molecule has 0 amide bonds. The predicted octanol–water partition coefficient (Wildman–Crippen LogP) is 1.24. The molecule has 1 aliphatic heterocycles. The molecular formula is C16H22O5. The lowest BCUT2D eigenvalue weighted by atomic mass is 10.0. The topological polar surface area (TPSA) is 68.2 Å². The van der Waals surface area contributed by atoms with Crippen molar-refractivity contribution in [2.75, 3.05) is 13.2 Å². The van der Waals surface area contributed by atoms with Gasteiger partial charge in [0.1, 0.15) is 12.2 Å². The van der Waals surface area contributed by atoms with Crippen molar-refractivity contribution in [3.05, 3.63) is 48.6 Å². The quantitative estimate of drug-likeness (QED) is 0.741. The van der Waals surface area contributed by atoms with Gasteiger partial charge in [-0.15, -0.1) is 6.58 Å². The van der Waals surface area contributed by atoms with Crippen molar-refractivity contribution in [2.45, 2.75) is 37.6 Å². The second-order valence-electron chi connectivity index (χ2n) is 4.98. The van der Waals surface area contributed by atoms with Gasteiger partial charge in [-0.3, -0.25) is 0 Å². The molecule has 0 aliphatic carbocycles. The Balaban J connectivity index is 1.92. The van der Waals surface area contributed by atoms with E-state index in [0.717, 1.165) is 5.56 Å². The minimum absolute atomic E-state index is 0.204. The average molecular weight is 294 g/mol. The van der Waals surface area contributed by atoms with Crippen molar-refractivity contribution < 1.29 is 24.4 Å². The highest BCUT2D eigenvalue weighted by atomic mass is 16.7. The Morgan fingerprint density at radius 3 is 2.67 bits per heavy atom. The molecule has 2 N–H and O–H groups in total. The van der Waals surface area contributed by atoms with Crippen LogP contribution < -0.4 is 0 Å². The normalized spacial score (nSPS) is 29.2. The summed E-state index contributed by atoms with van der Waals surface area (Å²) in [5, 5.41) is 19.2. The fourth-order valence-electron chi connectivity index (χ4n) is 2.31. The summed E-state index contributed by atoms with van der Waals surface area (Å²) in [5.74, 6) is 0. The number of ether oxygens (including phenoxy) is 3. The summed E-state index contributed by atoms with van der Waals surface area (Å²) in [4.78, 5) is 0. The van der Waals surface area contributed by atoms with E-state index in [9.17, 15) is 10.2 Å². The molecule has 0 unspecified atom stereocenters. The first kappa shape index (κ1) is 16.1. The van der Waals surface area contributed by atoms with Gasteiger partial charge in [0.15, 0.2) is 6.29 Å². The second-order valence-corrected chi connectivity index (χ2v) is 4.98. The summed E-state index contributed by atoms with van der Waals surface area (Å²) < 4.78 is 16.7. The van der Waals surface area contributed by atoms with E-state index in [0.29, 0.717) is 19.6 Å². The maximum Gasteiger partial charge on any atom is 0.181 e. The molecule has 0 bridgehead atoms. The lowest BCUT2D eigenvalue weighted by Crippen LogP contribution is -2.50. The van der Waals surface area contributed by atoms with Gasteiger partial charge in [0.05, 0.1) is 25.9 Å². The van der Waals surface area contributed by atoms with Crippen LogP contribution in [0.3, 0.4) is 0 Å². The van der Waals surface area contributed by atoms with E-state index in [1.54, 1.807) is 6.08 Å². The van der Waals surface area contributed by atoms with Crippen molar-refractivity contribution in [1.82, 2.24) is 0 Å². The van der Waals surface area contributed by atoms with Crippen molar-refractivity contribution in [3.8, 4) is 0 Å². The van der Waals surface area contributed by atoms with E-state index >= 15 is 0 Å². The molecule has 1 aliphatic rings. The maximum absolute atomic E-state index is 9.85. The monoisotopic (exact) mass is 294 g/mol. The first-order valence-electron chi connectivity index (χ1n) is 7.07. The van der Waals surface area contributed by atoms with Gasteiger partial charge in [-0.1, -0.05) is 36.4 Å². The second kappa shape index (κ2) is 8.26. The van der Waals surface area contributed by atoms with Gasteiger partial charge < -0.3 is 24.4 Å². The Bertz CT molecular complexity index is 422. The number of benzene rings is 1. The Hall–Kier alpha value is -1.24. The minimum atomic E-state index is -1.06. The SMILES string of the molecule is C=CCO[C@@H]1C[C@H](OCc2ccccc2)[C@@H](CO)O[C@H]1O. The van der Waals surface area contributed by atoms with Gasteiger partial charge in [0.2, 0.25) is 0 Å². The molecular weight excluding hydrogens is 272 g/mol. The third kappa shape index (κ3) is 4.62. The van der Waals surface area contributed by atoms with Crippen LogP contribution in [-0.2, 0) is 20.8 Å². The number of aliphatic hydroxyl groups is 2. The summed E-state index contributed by atoms with van der Waals surface area (Å²) in [7, 11) is 0. The number of hydrogen-bond acceptors (Lipinski definition) is 5. The van der Waals surface area contributed by atoms with Gasteiger partial charge in [-0.25, -0.2) is 0 Å². The minimum Gasteiger partial charge on any atom is -0.394 e. The van der Waals surface area contributed by atoms with E-state index in [1.165, 1.54) is 0 Å². The zero-order valence-corrected chi connectivity index (χ0v) is 11.9. The zero-order valence-electron chi connectivity index (χ0n) is 11.9. The Morgan fingerprint density at radius 1 is 1.24 bits per heavy atom. The fraction of sp³-hybridized carbons (Fsp3) is 0.500. The molecule has 5 heteroatoms. The van der Waals surface area contributed by atoms with Crippen LogP contribution in [0.1, 0.15) is 12.0 Å². The van der Waals surface area contributed by atoms with Crippen molar-refractivity contribution in [3.63, 3.8) is 0 Å². The summed E-state index contributed by atoms with van der Waals surface area (Å²) in [6.07, 6.45) is -0.330. The maximum atomic E-state index is 9.85. The molecule has 21 heavy (non-hydrogen) atoms. The highest BCUT2D eigenvalue weighted by Crippen LogP contribution is 2.24. The molecule has 0 aromatic heterocycles. The molecule has 116 valence electrons. The van der Waals surface area contributed by atoms with Gasteiger partial charge in [-0.2, -0.15) is 0 Å². The van der Waals surface area contributed by atoms with Crippen molar-refractivity contribution in [2.24, 2.45) is 0 Å². The highest BCUT2D eigenvalue weighted by Gasteiger charge is 2.38. The van der Waals surface area contributed by atoms with Gasteiger partial charge in [0, 0.05) is 6.42 Å². The van der Waals surface area contributed by atoms with Crippen LogP contribution in [0, 0.1) is 0 Å². The number of hydrogen-bond donors (Lipinski definition) is 2. The van der Waals surface area contributed by atoms with E-state index in [2.05, 4.69) is 6.58 Å². The molecule has 1 heterocycles. The van der Waals surface area contributed by atoms with E-state index in [-0.39, 0.29) is 12.7 Å². The molecule has 4 atom stereocenters. The van der Waals surface area contributed by atoms with Crippen LogP contribution in [-0.4, -0.2) is 48.0 Å². The molecule has 0 radical (unpaired) electrons. The lowest BCUT2D eigenvalue weighted by molar-refractivity contribution is -0.268. The molecule has 2 rings (SSSR count). The highest BCUT2D eigenvalue weighted by molar-refractivity contribution is 5.13. The lowest BCUT2D eigenvalue weighted by Gasteiger charge is -2.38. The smallest absolute Gasteiger partial charge is 0.181 e. The first-order chi connectivity index (χ1) is 10.2. The standard InChI is InChI=1S/C16H22O5/c1-2-8-19-14-9-13(15(10-17)21-16(14)18)20-11-12-6-4-3-5-7-12/h2-7,13-18H,1,8-11H2/t13-,14+,15+,16+/m0/s1. The molecule has 1 fully saturated rings. The van der Waals surface area contributed by atoms with Gasteiger partial charge >= 0.3 is 0 Å².